The number of ether oxygens (including phenoxy) is 1. The Morgan fingerprint density at radius 2 is 2.21 bits per heavy atom. The third kappa shape index (κ3) is 3.01. The number of nitrogens with one attached hydrogen (secondary N) is 2. The van der Waals surface area contributed by atoms with Gasteiger partial charge in [0.15, 0.2) is 0 Å². The number of nitrogens with two attached hydrogens (primary N) is 1. The summed E-state index contributed by atoms with van der Waals surface area (Å²) < 4.78 is 5.24. The van der Waals surface area contributed by atoms with Gasteiger partial charge in [-0.05, 0) is 27.2 Å². The highest BCUT2D eigenvalue weighted by Gasteiger charge is 2.51. The maximum Gasteiger partial charge on any atom is 0.407 e. The molecule has 0 aliphatic carbocycles. The molecule has 6 heteroatoms. The van der Waals surface area contributed by atoms with Crippen LogP contribution in [0.15, 0.2) is 0 Å². The number of rotatable bonds is 4. The number of alkyl carbamates (subject to hydrolysis) is 1. The van der Waals surface area contributed by atoms with Gasteiger partial charge >= 0.3 is 6.09 Å². The van der Waals surface area contributed by atoms with Crippen LogP contribution in [0.4, 0.5) is 4.79 Å². The molecule has 4 N–H and O–H groups in total. The summed E-state index contributed by atoms with van der Waals surface area (Å²) in [6.07, 6.45) is 0.879. The van der Waals surface area contributed by atoms with E-state index in [1.165, 1.54) is 6.42 Å². The minimum absolute atomic E-state index is 0.118. The lowest BCUT2D eigenvalue weighted by molar-refractivity contribution is -0.0867. The van der Waals surface area contributed by atoms with Gasteiger partial charge in [0.1, 0.15) is 5.60 Å². The molecule has 19 heavy (non-hydrogen) atoms. The molecule has 1 amide bonds. The van der Waals surface area contributed by atoms with Crippen molar-refractivity contribution >= 4 is 6.09 Å². The van der Waals surface area contributed by atoms with Crippen LogP contribution in [0.25, 0.3) is 0 Å². The molecule has 2 heterocycles. The van der Waals surface area contributed by atoms with Gasteiger partial charge in [-0.3, -0.25) is 10.2 Å². The predicted octanol–water partition coefficient (Wildman–Crippen LogP) is 0.0912. The number of hydrogen-bond donors (Lipinski definition) is 3. The fourth-order valence-corrected chi connectivity index (χ4v) is 2.70. The molecule has 2 aliphatic heterocycles. The number of carbonyl (C=O) groups is 1. The molecule has 0 saturated carbocycles. The van der Waals surface area contributed by atoms with Crippen molar-refractivity contribution in [3.63, 3.8) is 0 Å². The summed E-state index contributed by atoms with van der Waals surface area (Å²) in [5.41, 5.74) is 5.36. The molecular formula is C13H26N4O2. The molecule has 6 nitrogen and oxygen atoms in total. The van der Waals surface area contributed by atoms with Crippen LogP contribution in [-0.4, -0.2) is 55.0 Å². The van der Waals surface area contributed by atoms with E-state index in [0.717, 1.165) is 19.6 Å². The van der Waals surface area contributed by atoms with Gasteiger partial charge in [-0.25, -0.2) is 4.79 Å². The summed E-state index contributed by atoms with van der Waals surface area (Å²) in [7, 11) is 0. The molecule has 2 saturated heterocycles. The van der Waals surface area contributed by atoms with Crippen LogP contribution in [0.2, 0.25) is 0 Å². The lowest BCUT2D eigenvalue weighted by Gasteiger charge is -2.59. The molecule has 2 unspecified atom stereocenters. The zero-order valence-electron chi connectivity index (χ0n) is 12.2. The summed E-state index contributed by atoms with van der Waals surface area (Å²) in [4.78, 5) is 14.0. The number of hydrogen-bond acceptors (Lipinski definition) is 5. The average molecular weight is 270 g/mol. The molecule has 2 atom stereocenters. The third-order valence-electron chi connectivity index (χ3n) is 3.95. The first-order chi connectivity index (χ1) is 8.87. The fourth-order valence-electron chi connectivity index (χ4n) is 2.70. The zero-order chi connectivity index (χ0) is 14.1. The van der Waals surface area contributed by atoms with Crippen molar-refractivity contribution in [3.8, 4) is 0 Å². The Balaban J connectivity index is 1.81. The Hall–Kier alpha value is -0.850. The van der Waals surface area contributed by atoms with Gasteiger partial charge in [0.2, 0.25) is 0 Å². The van der Waals surface area contributed by atoms with Crippen molar-refractivity contribution in [3.05, 3.63) is 0 Å². The van der Waals surface area contributed by atoms with Gasteiger partial charge in [0, 0.05) is 38.6 Å². The van der Waals surface area contributed by atoms with Gasteiger partial charge in [-0.15, -0.1) is 0 Å². The summed E-state index contributed by atoms with van der Waals surface area (Å²) >= 11 is 0. The maximum atomic E-state index is 11.7. The van der Waals surface area contributed by atoms with Gasteiger partial charge in [0.05, 0.1) is 5.66 Å². The van der Waals surface area contributed by atoms with Crippen LogP contribution in [-0.2, 0) is 4.74 Å². The van der Waals surface area contributed by atoms with E-state index in [1.54, 1.807) is 0 Å². The van der Waals surface area contributed by atoms with E-state index in [4.69, 9.17) is 10.5 Å². The van der Waals surface area contributed by atoms with E-state index in [2.05, 4.69) is 15.5 Å². The molecule has 0 spiro atoms. The standard InChI is InChI=1S/C13H26N4O2/c1-12(2,3)19-11(18)15-7-10-8-16-13(10,9-14)17-5-4-6-17/h10,16H,4-9,14H2,1-3H3,(H,15,18). The van der Waals surface area contributed by atoms with Crippen molar-refractivity contribution < 1.29 is 9.53 Å². The van der Waals surface area contributed by atoms with Crippen molar-refractivity contribution in [2.75, 3.05) is 32.7 Å². The first-order valence-electron chi connectivity index (χ1n) is 7.04. The summed E-state index contributed by atoms with van der Waals surface area (Å²) in [6.45, 7) is 9.85. The molecule has 0 radical (unpaired) electrons. The summed E-state index contributed by atoms with van der Waals surface area (Å²) in [5.74, 6) is 0.352. The smallest absolute Gasteiger partial charge is 0.407 e. The minimum Gasteiger partial charge on any atom is -0.444 e. The number of nitrogens with zero attached hydrogens (tertiary/aromatic N) is 1. The quantitative estimate of drug-likeness (QED) is 0.675. The first kappa shape index (κ1) is 14.6. The molecule has 2 fully saturated rings. The van der Waals surface area contributed by atoms with E-state index < -0.39 is 5.60 Å². The predicted molar refractivity (Wildman–Crippen MR) is 73.7 cm³/mol. The lowest BCUT2D eigenvalue weighted by atomic mass is 9.80. The van der Waals surface area contributed by atoms with Crippen LogP contribution in [0.1, 0.15) is 27.2 Å². The van der Waals surface area contributed by atoms with Crippen LogP contribution in [0.3, 0.4) is 0 Å². The topological polar surface area (TPSA) is 79.6 Å². The average Bonchev–Trinajstić information content (AvgIpc) is 2.18. The highest BCUT2D eigenvalue weighted by atomic mass is 16.6. The molecule has 0 bridgehead atoms. The monoisotopic (exact) mass is 270 g/mol. The highest BCUT2D eigenvalue weighted by molar-refractivity contribution is 5.67. The van der Waals surface area contributed by atoms with E-state index in [9.17, 15) is 4.79 Å². The number of amides is 1. The molecule has 110 valence electrons. The van der Waals surface area contributed by atoms with Crippen molar-refractivity contribution in [2.45, 2.75) is 38.5 Å². The third-order valence-corrected chi connectivity index (χ3v) is 3.95. The molecular weight excluding hydrogens is 244 g/mol. The Morgan fingerprint density at radius 3 is 2.58 bits per heavy atom. The number of carbonyl (C=O) groups excluding carboxylic acids is 1. The Bertz CT molecular complexity index is 334. The van der Waals surface area contributed by atoms with Crippen molar-refractivity contribution in [1.82, 2.24) is 15.5 Å². The molecule has 0 aromatic carbocycles. The van der Waals surface area contributed by atoms with E-state index in [1.807, 2.05) is 20.8 Å². The molecule has 2 aliphatic rings. The SMILES string of the molecule is CC(C)(C)OC(=O)NCC1CNC1(CN)N1CCC1. The lowest BCUT2D eigenvalue weighted by Crippen LogP contribution is -2.80. The van der Waals surface area contributed by atoms with Crippen molar-refractivity contribution in [2.24, 2.45) is 11.7 Å². The minimum atomic E-state index is -0.454. The van der Waals surface area contributed by atoms with Crippen LogP contribution < -0.4 is 16.4 Å². The highest BCUT2D eigenvalue weighted by Crippen LogP contribution is 2.32. The zero-order valence-corrected chi connectivity index (χ0v) is 12.2. The Kier molecular flexibility index (Phi) is 4.03. The Labute approximate surface area is 115 Å². The summed E-state index contributed by atoms with van der Waals surface area (Å²) in [5, 5.41) is 6.29. The normalized spacial score (nSPS) is 31.3. The van der Waals surface area contributed by atoms with Gasteiger partial charge in [-0.2, -0.15) is 0 Å². The molecule has 0 aromatic heterocycles. The maximum absolute atomic E-state index is 11.7. The first-order valence-corrected chi connectivity index (χ1v) is 7.04. The Morgan fingerprint density at radius 1 is 1.53 bits per heavy atom. The molecule has 0 aromatic rings. The van der Waals surface area contributed by atoms with Crippen LogP contribution >= 0.6 is 0 Å². The second kappa shape index (κ2) is 5.26. The van der Waals surface area contributed by atoms with Gasteiger partial charge in [0.25, 0.3) is 0 Å². The van der Waals surface area contributed by atoms with E-state index in [-0.39, 0.29) is 11.8 Å². The van der Waals surface area contributed by atoms with Crippen LogP contribution in [0.5, 0.6) is 0 Å². The van der Waals surface area contributed by atoms with E-state index in [0.29, 0.717) is 19.0 Å². The second-order valence-corrected chi connectivity index (χ2v) is 6.43. The van der Waals surface area contributed by atoms with Crippen LogP contribution in [0, 0.1) is 5.92 Å². The van der Waals surface area contributed by atoms with Gasteiger partial charge in [-0.1, -0.05) is 0 Å². The second-order valence-electron chi connectivity index (χ2n) is 6.43. The number of likely N-dealkylation sites (tertiary alicyclic amines) is 1. The largest absolute Gasteiger partial charge is 0.444 e. The fraction of sp³-hybridized carbons (Fsp3) is 0.923. The van der Waals surface area contributed by atoms with Gasteiger partial charge < -0.3 is 15.8 Å². The van der Waals surface area contributed by atoms with E-state index >= 15 is 0 Å². The molecule has 2 rings (SSSR count). The van der Waals surface area contributed by atoms with Crippen molar-refractivity contribution in [1.29, 1.82) is 0 Å². The summed E-state index contributed by atoms with van der Waals surface area (Å²) in [6, 6.07) is 0.